The summed E-state index contributed by atoms with van der Waals surface area (Å²) in [4.78, 5) is 0.0947. The van der Waals surface area contributed by atoms with Crippen molar-refractivity contribution < 1.29 is 8.42 Å². The molecule has 0 aromatic heterocycles. The van der Waals surface area contributed by atoms with Crippen molar-refractivity contribution in [1.82, 2.24) is 0 Å². The minimum atomic E-state index is -3.65. The molecule has 0 radical (unpaired) electrons. The van der Waals surface area contributed by atoms with Crippen LogP contribution in [0.25, 0.3) is 10.8 Å². The molecule has 2 aromatic rings. The van der Waals surface area contributed by atoms with Gasteiger partial charge in [-0.05, 0) is 35.0 Å². The van der Waals surface area contributed by atoms with Crippen molar-refractivity contribution in [2.24, 2.45) is 5.14 Å². The summed E-state index contributed by atoms with van der Waals surface area (Å²) in [5.41, 5.74) is 0. The maximum Gasteiger partial charge on any atom is 0.238 e. The minimum absolute atomic E-state index is 0.0947. The van der Waals surface area contributed by atoms with Crippen LogP contribution in [0.15, 0.2) is 41.3 Å². The van der Waals surface area contributed by atoms with Crippen molar-refractivity contribution in [2.75, 3.05) is 0 Å². The average molecular weight is 242 g/mol. The molecule has 0 saturated heterocycles. The van der Waals surface area contributed by atoms with Gasteiger partial charge in [0, 0.05) is 5.02 Å². The van der Waals surface area contributed by atoms with Gasteiger partial charge < -0.3 is 0 Å². The van der Waals surface area contributed by atoms with Crippen molar-refractivity contribution in [1.29, 1.82) is 0 Å². The molecule has 5 heteroatoms. The fourth-order valence-corrected chi connectivity index (χ4v) is 2.10. The molecule has 0 unspecified atom stereocenters. The summed E-state index contributed by atoms with van der Waals surface area (Å²) in [5.74, 6) is 0. The van der Waals surface area contributed by atoms with Gasteiger partial charge >= 0.3 is 0 Å². The Morgan fingerprint density at radius 3 is 2.33 bits per heavy atom. The zero-order valence-electron chi connectivity index (χ0n) is 7.64. The number of halogens is 1. The van der Waals surface area contributed by atoms with E-state index in [9.17, 15) is 8.42 Å². The summed E-state index contributed by atoms with van der Waals surface area (Å²) < 4.78 is 22.2. The van der Waals surface area contributed by atoms with Gasteiger partial charge in [-0.3, -0.25) is 0 Å². The van der Waals surface area contributed by atoms with Crippen LogP contribution in [0, 0.1) is 0 Å². The first-order valence-corrected chi connectivity index (χ1v) is 6.11. The van der Waals surface area contributed by atoms with Crippen LogP contribution in [0.1, 0.15) is 0 Å². The number of hydrogen-bond acceptors (Lipinski definition) is 2. The highest BCUT2D eigenvalue weighted by Crippen LogP contribution is 2.21. The third kappa shape index (κ3) is 2.12. The zero-order valence-corrected chi connectivity index (χ0v) is 9.22. The quantitative estimate of drug-likeness (QED) is 0.832. The number of rotatable bonds is 1. The van der Waals surface area contributed by atoms with E-state index < -0.39 is 10.0 Å². The molecule has 0 atom stereocenters. The molecule has 0 saturated carbocycles. The summed E-state index contributed by atoms with van der Waals surface area (Å²) in [7, 11) is -3.65. The molecule has 0 fully saturated rings. The van der Waals surface area contributed by atoms with Gasteiger partial charge in [0.05, 0.1) is 4.90 Å². The summed E-state index contributed by atoms with van der Waals surface area (Å²) in [6, 6.07) is 9.96. The van der Waals surface area contributed by atoms with Gasteiger partial charge in [0.1, 0.15) is 0 Å². The van der Waals surface area contributed by atoms with Crippen LogP contribution < -0.4 is 5.14 Å². The molecule has 15 heavy (non-hydrogen) atoms. The van der Waals surface area contributed by atoms with Crippen molar-refractivity contribution in [3.8, 4) is 0 Å². The minimum Gasteiger partial charge on any atom is -0.225 e. The van der Waals surface area contributed by atoms with E-state index in [4.69, 9.17) is 16.7 Å². The van der Waals surface area contributed by atoms with Gasteiger partial charge in [0.2, 0.25) is 10.0 Å². The van der Waals surface area contributed by atoms with E-state index in [1.807, 2.05) is 6.07 Å². The second kappa shape index (κ2) is 3.48. The third-order valence-corrected chi connectivity index (χ3v) is 3.25. The second-order valence-corrected chi connectivity index (χ2v) is 5.20. The summed E-state index contributed by atoms with van der Waals surface area (Å²) >= 11 is 5.80. The van der Waals surface area contributed by atoms with Gasteiger partial charge in [0.15, 0.2) is 0 Å². The molecule has 0 spiro atoms. The molecule has 0 aliphatic carbocycles. The van der Waals surface area contributed by atoms with Crippen LogP contribution in [0.2, 0.25) is 5.02 Å². The first-order chi connectivity index (χ1) is 6.97. The Morgan fingerprint density at radius 1 is 1.00 bits per heavy atom. The first kappa shape index (κ1) is 10.4. The first-order valence-electron chi connectivity index (χ1n) is 4.19. The number of fused-ring (bicyclic) bond motifs is 1. The van der Waals surface area contributed by atoms with Crippen LogP contribution in [0.5, 0.6) is 0 Å². The van der Waals surface area contributed by atoms with Crippen molar-refractivity contribution >= 4 is 32.4 Å². The Kier molecular flexibility index (Phi) is 2.42. The molecule has 3 nitrogen and oxygen atoms in total. The van der Waals surface area contributed by atoms with Crippen molar-refractivity contribution in [2.45, 2.75) is 4.90 Å². The van der Waals surface area contributed by atoms with E-state index in [1.165, 1.54) is 12.1 Å². The standard InChI is InChI=1S/C10H8ClNO2S/c11-9-3-1-7-2-4-10(15(12,13)14)6-8(7)5-9/h1-6H,(H2,12,13,14). The number of sulfonamides is 1. The molecule has 2 rings (SSSR count). The van der Waals surface area contributed by atoms with Crippen LogP contribution >= 0.6 is 11.6 Å². The van der Waals surface area contributed by atoms with E-state index in [2.05, 4.69) is 0 Å². The summed E-state index contributed by atoms with van der Waals surface area (Å²) in [6.45, 7) is 0. The van der Waals surface area contributed by atoms with Gasteiger partial charge in [0.25, 0.3) is 0 Å². The van der Waals surface area contributed by atoms with E-state index in [-0.39, 0.29) is 4.90 Å². The Balaban J connectivity index is 2.75. The fraction of sp³-hybridized carbons (Fsp3) is 0. The smallest absolute Gasteiger partial charge is 0.225 e. The lowest BCUT2D eigenvalue weighted by Crippen LogP contribution is -2.11. The highest BCUT2D eigenvalue weighted by Gasteiger charge is 2.07. The predicted octanol–water partition coefficient (Wildman–Crippen LogP) is 2.14. The summed E-state index contributed by atoms with van der Waals surface area (Å²) in [6.07, 6.45) is 0. The molecule has 0 aliphatic heterocycles. The fourth-order valence-electron chi connectivity index (χ4n) is 1.37. The van der Waals surface area contributed by atoms with Crippen LogP contribution in [-0.4, -0.2) is 8.42 Å². The Bertz CT molecular complexity index is 622. The molecular weight excluding hydrogens is 234 g/mol. The second-order valence-electron chi connectivity index (χ2n) is 3.20. The average Bonchev–Trinajstić information content (AvgIpc) is 2.15. The molecule has 0 heterocycles. The maximum absolute atomic E-state index is 11.1. The zero-order chi connectivity index (χ0) is 11.1. The van der Waals surface area contributed by atoms with Crippen molar-refractivity contribution in [3.05, 3.63) is 41.4 Å². The third-order valence-electron chi connectivity index (χ3n) is 2.10. The molecule has 0 aliphatic rings. The van der Waals surface area contributed by atoms with Gasteiger partial charge in [-0.15, -0.1) is 0 Å². The normalized spacial score (nSPS) is 11.9. The molecule has 0 bridgehead atoms. The predicted molar refractivity (Wildman–Crippen MR) is 60.3 cm³/mol. The Morgan fingerprint density at radius 2 is 1.67 bits per heavy atom. The van der Waals surface area contributed by atoms with E-state index in [0.29, 0.717) is 5.02 Å². The van der Waals surface area contributed by atoms with Crippen LogP contribution in [0.3, 0.4) is 0 Å². The van der Waals surface area contributed by atoms with E-state index >= 15 is 0 Å². The monoisotopic (exact) mass is 241 g/mol. The van der Waals surface area contributed by atoms with E-state index in [0.717, 1.165) is 10.8 Å². The van der Waals surface area contributed by atoms with Gasteiger partial charge in [-0.2, -0.15) is 0 Å². The Labute approximate surface area is 92.5 Å². The number of benzene rings is 2. The van der Waals surface area contributed by atoms with Crippen LogP contribution in [-0.2, 0) is 10.0 Å². The number of hydrogen-bond donors (Lipinski definition) is 1. The largest absolute Gasteiger partial charge is 0.238 e. The molecule has 2 aromatic carbocycles. The lowest BCUT2D eigenvalue weighted by Gasteiger charge is -2.01. The molecule has 0 amide bonds. The topological polar surface area (TPSA) is 60.2 Å². The van der Waals surface area contributed by atoms with Gasteiger partial charge in [-0.25, -0.2) is 13.6 Å². The molecule has 78 valence electrons. The maximum atomic E-state index is 11.1. The lowest BCUT2D eigenvalue weighted by molar-refractivity contribution is 0.598. The SMILES string of the molecule is NS(=O)(=O)c1ccc2ccc(Cl)cc2c1. The van der Waals surface area contributed by atoms with Crippen molar-refractivity contribution in [3.63, 3.8) is 0 Å². The van der Waals surface area contributed by atoms with E-state index in [1.54, 1.807) is 18.2 Å². The highest BCUT2D eigenvalue weighted by molar-refractivity contribution is 7.89. The molecular formula is C10H8ClNO2S. The van der Waals surface area contributed by atoms with Gasteiger partial charge in [-0.1, -0.05) is 23.7 Å². The number of nitrogens with two attached hydrogens (primary N) is 1. The van der Waals surface area contributed by atoms with Crippen LogP contribution in [0.4, 0.5) is 0 Å². The summed E-state index contributed by atoms with van der Waals surface area (Å²) in [5, 5.41) is 7.27. The highest BCUT2D eigenvalue weighted by atomic mass is 35.5. The molecule has 2 N–H and O–H groups in total. The lowest BCUT2D eigenvalue weighted by atomic mass is 10.1. The number of primary sulfonamides is 1. The Hall–Kier alpha value is -1.10.